The first kappa shape index (κ1) is 39.2. The smallest absolute Gasteiger partial charge is 0.298 e. The molecule has 0 aliphatic rings. The Kier molecular flexibility index (Phi) is 20.4. The van der Waals surface area contributed by atoms with E-state index in [-0.39, 0.29) is 12.2 Å². The fourth-order valence-electron chi connectivity index (χ4n) is 4.01. The third-order valence-electron chi connectivity index (χ3n) is 6.38. The van der Waals surface area contributed by atoms with Gasteiger partial charge in [0.2, 0.25) is 6.79 Å². The zero-order valence-corrected chi connectivity index (χ0v) is 27.7. The molecule has 1 N–H and O–H groups in total. The molecule has 0 heterocycles. The summed E-state index contributed by atoms with van der Waals surface area (Å²) in [6, 6.07) is 7.82. The number of hydrogen-bond donors (Lipinski definition) is 1. The van der Waals surface area contributed by atoms with Gasteiger partial charge < -0.3 is 24.1 Å². The Balaban J connectivity index is 0. The number of aliphatic hydroxyl groups is 1. The number of benzene rings is 2. The molecule has 2 aromatic carbocycles. The van der Waals surface area contributed by atoms with Crippen molar-refractivity contribution in [2.24, 2.45) is 5.92 Å². The van der Waals surface area contributed by atoms with E-state index in [9.17, 15) is 4.79 Å². The number of fused-ring (bicyclic) bond motifs is 1. The Morgan fingerprint density at radius 1 is 0.925 bits per heavy atom. The summed E-state index contributed by atoms with van der Waals surface area (Å²) in [5, 5.41) is 8.71. The summed E-state index contributed by atoms with van der Waals surface area (Å²) in [5.41, 5.74) is 2.95. The molecule has 6 heteroatoms. The largest absolute Gasteiger partial charge is 0.495 e. The average molecular weight is 561 g/mol. The highest BCUT2D eigenvalue weighted by Crippen LogP contribution is 2.47. The third kappa shape index (κ3) is 11.2. The lowest BCUT2D eigenvalue weighted by Crippen LogP contribution is -2.21. The van der Waals surface area contributed by atoms with Gasteiger partial charge in [-0.1, -0.05) is 91.3 Å². The van der Waals surface area contributed by atoms with E-state index in [4.69, 9.17) is 24.1 Å². The highest BCUT2D eigenvalue weighted by atomic mass is 16.7. The minimum absolute atomic E-state index is 0.0392. The van der Waals surface area contributed by atoms with Gasteiger partial charge in [-0.15, -0.1) is 0 Å². The number of carbonyl (C=O) groups is 1. The van der Waals surface area contributed by atoms with Gasteiger partial charge in [-0.2, -0.15) is 0 Å². The fraction of sp³-hybridized carbons (Fsp3) is 0.559. The van der Waals surface area contributed by atoms with Crippen molar-refractivity contribution in [1.82, 2.24) is 0 Å². The van der Waals surface area contributed by atoms with Gasteiger partial charge >= 0.3 is 0 Å². The Labute approximate surface area is 244 Å². The van der Waals surface area contributed by atoms with Gasteiger partial charge in [-0.25, -0.2) is 0 Å². The normalized spacial score (nSPS) is 11.6. The van der Waals surface area contributed by atoms with Crippen molar-refractivity contribution in [2.45, 2.75) is 102 Å². The summed E-state index contributed by atoms with van der Waals surface area (Å²) < 4.78 is 23.2. The second kappa shape index (κ2) is 20.8. The SMILES string of the molecule is CC.CC.CCOC(C)=C(C)OCOc1c(C(C)(C)C/C=C(\C)C(C)C)c(C)c(OC=O)c2ccccc12.CO. The van der Waals surface area contributed by atoms with Crippen LogP contribution in [0.1, 0.15) is 101 Å². The third-order valence-corrected chi connectivity index (χ3v) is 6.38. The van der Waals surface area contributed by atoms with Crippen LogP contribution in [0.2, 0.25) is 0 Å². The molecule has 0 fully saturated rings. The van der Waals surface area contributed by atoms with Crippen molar-refractivity contribution < 1.29 is 28.8 Å². The molecule has 0 unspecified atom stereocenters. The first-order valence-electron chi connectivity index (χ1n) is 14.4. The Morgan fingerprint density at radius 2 is 1.43 bits per heavy atom. The molecule has 2 rings (SSSR count). The molecule has 0 spiro atoms. The number of aliphatic hydroxyl groups excluding tert-OH is 1. The molecule has 6 nitrogen and oxygen atoms in total. The van der Waals surface area contributed by atoms with Gasteiger partial charge in [0.25, 0.3) is 6.47 Å². The van der Waals surface area contributed by atoms with Crippen molar-refractivity contribution in [1.29, 1.82) is 0 Å². The predicted octanol–water partition coefficient (Wildman–Crippen LogP) is 9.26. The number of carbonyl (C=O) groups excluding carboxylic acids is 1. The van der Waals surface area contributed by atoms with E-state index < -0.39 is 0 Å². The maximum Gasteiger partial charge on any atom is 0.298 e. The van der Waals surface area contributed by atoms with Gasteiger partial charge in [0.05, 0.1) is 6.61 Å². The molecule has 0 bridgehead atoms. The number of rotatable bonds is 12. The van der Waals surface area contributed by atoms with Crippen LogP contribution in [0, 0.1) is 12.8 Å². The average Bonchev–Trinajstić information content (AvgIpc) is 2.96. The molecule has 0 saturated carbocycles. The van der Waals surface area contributed by atoms with Crippen LogP contribution < -0.4 is 9.47 Å². The summed E-state index contributed by atoms with van der Waals surface area (Å²) in [7, 11) is 1.00. The highest BCUT2D eigenvalue weighted by molar-refractivity contribution is 5.97. The monoisotopic (exact) mass is 560 g/mol. The lowest BCUT2D eigenvalue weighted by atomic mass is 9.76. The van der Waals surface area contributed by atoms with Crippen molar-refractivity contribution in [3.8, 4) is 11.5 Å². The van der Waals surface area contributed by atoms with Gasteiger partial charge in [0, 0.05) is 23.4 Å². The molecule has 0 radical (unpaired) electrons. The van der Waals surface area contributed by atoms with Gasteiger partial charge in [0.1, 0.15) is 23.0 Å². The summed E-state index contributed by atoms with van der Waals surface area (Å²) in [5.74, 6) is 3.20. The molecule has 0 aliphatic carbocycles. The molecule has 40 heavy (non-hydrogen) atoms. The Hall–Kier alpha value is -2.99. The zero-order chi connectivity index (χ0) is 31.5. The zero-order valence-electron chi connectivity index (χ0n) is 27.7. The van der Waals surface area contributed by atoms with Crippen molar-refractivity contribution in [3.63, 3.8) is 0 Å². The first-order chi connectivity index (χ1) is 19.0. The maximum atomic E-state index is 11.4. The van der Waals surface area contributed by atoms with E-state index in [0.29, 0.717) is 30.5 Å². The van der Waals surface area contributed by atoms with Gasteiger partial charge in [0.15, 0.2) is 0 Å². The van der Waals surface area contributed by atoms with Crippen LogP contribution in [0.25, 0.3) is 10.8 Å². The predicted molar refractivity (Wildman–Crippen MR) is 169 cm³/mol. The fourth-order valence-corrected chi connectivity index (χ4v) is 4.01. The van der Waals surface area contributed by atoms with Gasteiger partial charge in [-0.05, 0) is 57.9 Å². The van der Waals surface area contributed by atoms with Crippen molar-refractivity contribution in [3.05, 3.63) is 58.6 Å². The van der Waals surface area contributed by atoms with E-state index in [1.807, 2.05) is 79.7 Å². The Morgan fingerprint density at radius 3 is 1.90 bits per heavy atom. The molecule has 228 valence electrons. The number of ether oxygens (including phenoxy) is 4. The van der Waals surface area contributed by atoms with Crippen LogP contribution in [-0.4, -0.2) is 32.1 Å². The highest BCUT2D eigenvalue weighted by Gasteiger charge is 2.30. The lowest BCUT2D eigenvalue weighted by molar-refractivity contribution is -0.120. The summed E-state index contributed by atoms with van der Waals surface area (Å²) in [6.45, 7) is 27.7. The van der Waals surface area contributed by atoms with Crippen LogP contribution >= 0.6 is 0 Å². The summed E-state index contributed by atoms with van der Waals surface area (Å²) in [6.07, 6.45) is 3.11. The number of allylic oxidation sites excluding steroid dienone is 4. The van der Waals surface area contributed by atoms with Crippen molar-refractivity contribution >= 4 is 17.2 Å². The molecule has 0 amide bonds. The summed E-state index contributed by atoms with van der Waals surface area (Å²) >= 11 is 0. The molecule has 0 saturated heterocycles. The van der Waals surface area contributed by atoms with Crippen molar-refractivity contribution in [2.75, 3.05) is 20.5 Å². The van der Waals surface area contributed by atoms with E-state index in [0.717, 1.165) is 46.9 Å². The van der Waals surface area contributed by atoms with Gasteiger partial charge in [-0.3, -0.25) is 4.79 Å². The summed E-state index contributed by atoms with van der Waals surface area (Å²) in [4.78, 5) is 11.4. The molecule has 2 aromatic rings. The van der Waals surface area contributed by atoms with Crippen LogP contribution in [-0.2, 0) is 19.7 Å². The lowest BCUT2D eigenvalue weighted by Gasteiger charge is -2.31. The maximum absolute atomic E-state index is 11.4. The second-order valence-corrected chi connectivity index (χ2v) is 9.56. The number of hydrogen-bond acceptors (Lipinski definition) is 6. The van der Waals surface area contributed by atoms with E-state index in [2.05, 4.69) is 40.7 Å². The standard InChI is InChI=1S/C29H40O5.2C2H6.CH4O/c1-10-31-22(6)23(7)33-18-34-28-25-14-12-11-13-24(25)27(32-17-30)21(5)26(28)29(8,9)16-15-20(4)19(2)3;3*1-2/h11-15,17,19H,10,16,18H2,1-9H3;2*1-2H3;2H,1H3/b20-15+,23-22?;;;. The minimum atomic E-state index is -0.285. The van der Waals surface area contributed by atoms with Crippen LogP contribution in [0.5, 0.6) is 11.5 Å². The van der Waals surface area contributed by atoms with Crippen LogP contribution in [0.15, 0.2) is 47.4 Å². The minimum Gasteiger partial charge on any atom is -0.495 e. The molecule has 0 atom stereocenters. The topological polar surface area (TPSA) is 74.2 Å². The molecular weight excluding hydrogens is 504 g/mol. The Bertz CT molecular complexity index is 1060. The van der Waals surface area contributed by atoms with E-state index >= 15 is 0 Å². The quantitative estimate of drug-likeness (QED) is 0.121. The van der Waals surface area contributed by atoms with E-state index in [1.165, 1.54) is 5.57 Å². The molecule has 0 aromatic heterocycles. The molecular formula is C34H56O6. The van der Waals surface area contributed by atoms with Crippen LogP contribution in [0.3, 0.4) is 0 Å². The van der Waals surface area contributed by atoms with Crippen LogP contribution in [0.4, 0.5) is 0 Å². The first-order valence-corrected chi connectivity index (χ1v) is 14.4. The van der Waals surface area contributed by atoms with E-state index in [1.54, 1.807) is 0 Å². The molecule has 0 aliphatic heterocycles. The second-order valence-electron chi connectivity index (χ2n) is 9.56.